The summed E-state index contributed by atoms with van der Waals surface area (Å²) in [4.78, 5) is 1.38. The Labute approximate surface area is 110 Å². The van der Waals surface area contributed by atoms with Crippen molar-refractivity contribution in [3.63, 3.8) is 0 Å². The second-order valence-electron chi connectivity index (χ2n) is 4.03. The zero-order valence-corrected chi connectivity index (χ0v) is 11.0. The minimum atomic E-state index is -0.256. The first kappa shape index (κ1) is 12.7. The van der Waals surface area contributed by atoms with Crippen molar-refractivity contribution in [2.24, 2.45) is 0 Å². The first-order chi connectivity index (χ1) is 8.65. The predicted octanol–water partition coefficient (Wildman–Crippen LogP) is 3.71. The van der Waals surface area contributed by atoms with Crippen LogP contribution in [0.15, 0.2) is 30.3 Å². The Kier molecular flexibility index (Phi) is 3.75. The minimum absolute atomic E-state index is 0.166. The van der Waals surface area contributed by atoms with Gasteiger partial charge in [-0.05, 0) is 43.8 Å². The van der Waals surface area contributed by atoms with E-state index in [0.717, 1.165) is 10.4 Å². The lowest BCUT2D eigenvalue weighted by Crippen LogP contribution is -2.12. The third kappa shape index (κ3) is 2.42. The summed E-state index contributed by atoms with van der Waals surface area (Å²) in [6, 6.07) is 10.8. The smallest absolute Gasteiger partial charge is 0.131 e. The van der Waals surface area contributed by atoms with Crippen molar-refractivity contribution in [1.29, 1.82) is 5.26 Å². The lowest BCUT2D eigenvalue weighted by atomic mass is 10.0. The van der Waals surface area contributed by atoms with Gasteiger partial charge in [-0.2, -0.15) is 5.26 Å². The monoisotopic (exact) mass is 260 g/mol. The number of nitriles is 1. The molecule has 0 aliphatic heterocycles. The van der Waals surface area contributed by atoms with Gasteiger partial charge in [0, 0.05) is 16.5 Å². The number of rotatable bonds is 3. The van der Waals surface area contributed by atoms with Crippen LogP contribution in [-0.4, -0.2) is 7.05 Å². The quantitative estimate of drug-likeness (QED) is 0.913. The molecule has 2 aromatic rings. The van der Waals surface area contributed by atoms with Crippen LogP contribution in [0.1, 0.15) is 23.4 Å². The number of thiophene rings is 1. The molecular formula is C14H13FN2S. The van der Waals surface area contributed by atoms with Crippen molar-refractivity contribution in [3.8, 4) is 16.5 Å². The maximum atomic E-state index is 13.8. The molecule has 0 aliphatic carbocycles. The summed E-state index contributed by atoms with van der Waals surface area (Å²) in [6.45, 7) is 2.02. The molecule has 0 aliphatic rings. The molecule has 1 unspecified atom stereocenters. The van der Waals surface area contributed by atoms with Gasteiger partial charge in [0.1, 0.15) is 16.8 Å². The van der Waals surface area contributed by atoms with Crippen molar-refractivity contribution in [2.45, 2.75) is 13.0 Å². The van der Waals surface area contributed by atoms with E-state index in [1.54, 1.807) is 18.2 Å². The molecule has 2 nitrogen and oxygen atoms in total. The van der Waals surface area contributed by atoms with Crippen molar-refractivity contribution in [2.75, 3.05) is 7.05 Å². The van der Waals surface area contributed by atoms with Gasteiger partial charge in [-0.3, -0.25) is 0 Å². The van der Waals surface area contributed by atoms with Crippen LogP contribution in [0.5, 0.6) is 0 Å². The highest BCUT2D eigenvalue weighted by Crippen LogP contribution is 2.31. The van der Waals surface area contributed by atoms with Gasteiger partial charge in [-0.15, -0.1) is 11.3 Å². The fourth-order valence-electron chi connectivity index (χ4n) is 1.71. The van der Waals surface area contributed by atoms with Crippen LogP contribution in [-0.2, 0) is 0 Å². The summed E-state index contributed by atoms with van der Waals surface area (Å²) in [7, 11) is 1.87. The standard InChI is InChI=1S/C14H13FN2S/c1-9(17-2)10-3-5-13(15)12(7-10)14-6-4-11(8-16)18-14/h3-7,9,17H,1-2H3. The first-order valence-corrected chi connectivity index (χ1v) is 6.44. The molecule has 1 atom stereocenters. The number of benzene rings is 1. The normalized spacial score (nSPS) is 12.1. The Balaban J connectivity index is 2.46. The van der Waals surface area contributed by atoms with Crippen LogP contribution in [0.3, 0.4) is 0 Å². The number of nitrogens with one attached hydrogen (secondary N) is 1. The second kappa shape index (κ2) is 5.30. The molecule has 2 rings (SSSR count). The number of halogens is 1. The summed E-state index contributed by atoms with van der Waals surface area (Å²) in [5.74, 6) is -0.256. The lowest BCUT2D eigenvalue weighted by molar-refractivity contribution is 0.622. The maximum Gasteiger partial charge on any atom is 0.131 e. The van der Waals surface area contributed by atoms with E-state index in [9.17, 15) is 4.39 Å². The molecule has 92 valence electrons. The molecule has 0 fully saturated rings. The molecule has 0 bridgehead atoms. The predicted molar refractivity (Wildman–Crippen MR) is 71.9 cm³/mol. The molecule has 0 saturated carbocycles. The zero-order chi connectivity index (χ0) is 13.1. The third-order valence-corrected chi connectivity index (χ3v) is 3.93. The van der Waals surface area contributed by atoms with Gasteiger partial charge >= 0.3 is 0 Å². The molecule has 0 saturated heterocycles. The zero-order valence-electron chi connectivity index (χ0n) is 10.2. The van der Waals surface area contributed by atoms with Gasteiger partial charge < -0.3 is 5.32 Å². The van der Waals surface area contributed by atoms with Crippen LogP contribution in [0.2, 0.25) is 0 Å². The largest absolute Gasteiger partial charge is 0.313 e. The van der Waals surface area contributed by atoms with Gasteiger partial charge in [0.25, 0.3) is 0 Å². The van der Waals surface area contributed by atoms with E-state index in [4.69, 9.17) is 5.26 Å². The van der Waals surface area contributed by atoms with Gasteiger partial charge in [-0.1, -0.05) is 6.07 Å². The third-order valence-electron chi connectivity index (χ3n) is 2.91. The van der Waals surface area contributed by atoms with E-state index < -0.39 is 0 Å². The van der Waals surface area contributed by atoms with Gasteiger partial charge in [0.05, 0.1) is 0 Å². The van der Waals surface area contributed by atoms with E-state index >= 15 is 0 Å². The molecule has 1 aromatic heterocycles. The molecule has 18 heavy (non-hydrogen) atoms. The highest BCUT2D eigenvalue weighted by Gasteiger charge is 2.11. The van der Waals surface area contributed by atoms with Crippen molar-refractivity contribution >= 4 is 11.3 Å². The number of hydrogen-bond acceptors (Lipinski definition) is 3. The van der Waals surface area contributed by atoms with E-state index in [0.29, 0.717) is 10.4 Å². The van der Waals surface area contributed by atoms with E-state index in [1.807, 2.05) is 20.0 Å². The highest BCUT2D eigenvalue weighted by atomic mass is 32.1. The van der Waals surface area contributed by atoms with Crippen LogP contribution >= 0.6 is 11.3 Å². The summed E-state index contributed by atoms with van der Waals surface area (Å²) in [5.41, 5.74) is 1.59. The fraction of sp³-hybridized carbons (Fsp3) is 0.214. The molecule has 0 spiro atoms. The second-order valence-corrected chi connectivity index (χ2v) is 5.11. The molecular weight excluding hydrogens is 247 g/mol. The molecule has 1 heterocycles. The summed E-state index contributed by atoms with van der Waals surface area (Å²) in [6.07, 6.45) is 0. The Hall–Kier alpha value is -1.70. The topological polar surface area (TPSA) is 35.8 Å². The molecule has 0 radical (unpaired) electrons. The average molecular weight is 260 g/mol. The Morgan fingerprint density at radius 3 is 2.72 bits per heavy atom. The van der Waals surface area contributed by atoms with Crippen LogP contribution in [0, 0.1) is 17.1 Å². The summed E-state index contributed by atoms with van der Waals surface area (Å²) in [5, 5.41) is 11.9. The highest BCUT2D eigenvalue weighted by molar-refractivity contribution is 7.16. The average Bonchev–Trinajstić information content (AvgIpc) is 2.87. The number of nitrogens with zero attached hydrogens (tertiary/aromatic N) is 1. The Morgan fingerprint density at radius 1 is 1.33 bits per heavy atom. The molecule has 4 heteroatoms. The summed E-state index contributed by atoms with van der Waals surface area (Å²) < 4.78 is 13.8. The SMILES string of the molecule is CNC(C)c1ccc(F)c(-c2ccc(C#N)s2)c1. The first-order valence-electron chi connectivity index (χ1n) is 5.62. The van der Waals surface area contributed by atoms with Gasteiger partial charge in [-0.25, -0.2) is 4.39 Å². The molecule has 1 N–H and O–H groups in total. The van der Waals surface area contributed by atoms with Crippen molar-refractivity contribution < 1.29 is 4.39 Å². The van der Waals surface area contributed by atoms with E-state index in [1.165, 1.54) is 17.4 Å². The summed E-state index contributed by atoms with van der Waals surface area (Å²) >= 11 is 1.31. The maximum absolute atomic E-state index is 13.8. The van der Waals surface area contributed by atoms with E-state index in [-0.39, 0.29) is 11.9 Å². The fourth-order valence-corrected chi connectivity index (χ4v) is 2.53. The Morgan fingerprint density at radius 2 is 2.11 bits per heavy atom. The van der Waals surface area contributed by atoms with Crippen molar-refractivity contribution in [1.82, 2.24) is 5.32 Å². The molecule has 1 aromatic carbocycles. The lowest BCUT2D eigenvalue weighted by Gasteiger charge is -2.12. The Bertz CT molecular complexity index is 598. The van der Waals surface area contributed by atoms with Gasteiger partial charge in [0.15, 0.2) is 0 Å². The van der Waals surface area contributed by atoms with E-state index in [2.05, 4.69) is 11.4 Å². The molecule has 0 amide bonds. The van der Waals surface area contributed by atoms with Crippen LogP contribution in [0.4, 0.5) is 4.39 Å². The van der Waals surface area contributed by atoms with Crippen LogP contribution in [0.25, 0.3) is 10.4 Å². The van der Waals surface area contributed by atoms with Crippen LogP contribution < -0.4 is 5.32 Å². The van der Waals surface area contributed by atoms with Crippen molar-refractivity contribution in [3.05, 3.63) is 46.6 Å². The minimum Gasteiger partial charge on any atom is -0.313 e. The van der Waals surface area contributed by atoms with Gasteiger partial charge in [0.2, 0.25) is 0 Å². The number of hydrogen-bond donors (Lipinski definition) is 1.